The number of hydrogen-bond acceptors (Lipinski definition) is 7. The van der Waals surface area contributed by atoms with Crippen molar-refractivity contribution >= 4 is 34.4 Å². The zero-order valence-electron chi connectivity index (χ0n) is 22.3. The van der Waals surface area contributed by atoms with Crippen molar-refractivity contribution in [2.45, 2.75) is 51.0 Å². The monoisotopic (exact) mass is 580 g/mol. The van der Waals surface area contributed by atoms with Crippen molar-refractivity contribution in [3.8, 4) is 5.88 Å². The van der Waals surface area contributed by atoms with Gasteiger partial charge in [-0.25, -0.2) is 19.2 Å². The summed E-state index contributed by atoms with van der Waals surface area (Å²) in [5, 5.41) is 11.8. The number of benzene rings is 2. The fraction of sp³-hybridized carbons (Fsp3) is 0.379. The smallest absolute Gasteiger partial charge is 0.409 e. The van der Waals surface area contributed by atoms with Gasteiger partial charge in [0.2, 0.25) is 5.88 Å². The molecule has 2 aromatic heterocycles. The van der Waals surface area contributed by atoms with Crippen LogP contribution in [0.3, 0.4) is 0 Å². The normalized spacial score (nSPS) is 17.9. The Morgan fingerprint density at radius 1 is 1.15 bits per heavy atom. The van der Waals surface area contributed by atoms with Gasteiger partial charge < -0.3 is 19.1 Å². The molecule has 0 saturated carbocycles. The summed E-state index contributed by atoms with van der Waals surface area (Å²) in [5.41, 5.74) is 2.68. The van der Waals surface area contributed by atoms with Crippen molar-refractivity contribution in [3.63, 3.8) is 0 Å². The van der Waals surface area contributed by atoms with Crippen LogP contribution in [0.15, 0.2) is 48.7 Å². The molecule has 10 nitrogen and oxygen atoms in total. The highest BCUT2D eigenvalue weighted by Crippen LogP contribution is 2.26. The Bertz CT molecular complexity index is 1550. The van der Waals surface area contributed by atoms with Gasteiger partial charge in [0.1, 0.15) is 23.6 Å². The Morgan fingerprint density at radius 3 is 2.71 bits per heavy atom. The summed E-state index contributed by atoms with van der Waals surface area (Å²) in [6.45, 7) is 3.81. The summed E-state index contributed by atoms with van der Waals surface area (Å²) in [7, 11) is 0. The number of piperidine rings is 1. The molecule has 2 N–H and O–H groups in total. The van der Waals surface area contributed by atoms with Crippen LogP contribution in [0.4, 0.5) is 14.9 Å². The SMILES string of the molecule is O=C(O)Nc1ccc2c(c1)nc(CN1CCC(Oc3ccnc(Cc4ccc(Cl)cc4F)n3)CC1)n2C[C@@H]1CCO1. The lowest BCUT2D eigenvalue weighted by molar-refractivity contribution is -0.0592. The maximum atomic E-state index is 14.2. The van der Waals surface area contributed by atoms with E-state index >= 15 is 0 Å². The number of fused-ring (bicyclic) bond motifs is 1. The van der Waals surface area contributed by atoms with E-state index in [2.05, 4.69) is 24.8 Å². The third-order valence-corrected chi connectivity index (χ3v) is 7.72. The topological polar surface area (TPSA) is 115 Å². The van der Waals surface area contributed by atoms with E-state index in [-0.39, 0.29) is 24.4 Å². The molecular weight excluding hydrogens is 551 g/mol. The van der Waals surface area contributed by atoms with Crippen molar-refractivity contribution in [1.29, 1.82) is 0 Å². The minimum Gasteiger partial charge on any atom is -0.474 e. The molecule has 0 bridgehead atoms. The molecule has 214 valence electrons. The maximum Gasteiger partial charge on any atom is 0.409 e. The molecule has 0 spiro atoms. The number of halogens is 2. The van der Waals surface area contributed by atoms with E-state index in [0.717, 1.165) is 55.8 Å². The number of carboxylic acid groups (broad SMARTS) is 1. The largest absolute Gasteiger partial charge is 0.474 e. The third-order valence-electron chi connectivity index (χ3n) is 7.49. The molecule has 2 fully saturated rings. The van der Waals surface area contributed by atoms with Gasteiger partial charge in [-0.15, -0.1) is 0 Å². The summed E-state index contributed by atoms with van der Waals surface area (Å²) in [4.78, 5) is 27.1. The molecule has 12 heteroatoms. The number of likely N-dealkylation sites (tertiary alicyclic amines) is 1. The predicted octanol–water partition coefficient (Wildman–Crippen LogP) is 5.13. The molecule has 41 heavy (non-hydrogen) atoms. The van der Waals surface area contributed by atoms with Crippen LogP contribution >= 0.6 is 11.6 Å². The predicted molar refractivity (Wildman–Crippen MR) is 151 cm³/mol. The Morgan fingerprint density at radius 2 is 1.98 bits per heavy atom. The Balaban J connectivity index is 1.09. The molecular formula is C29H30ClFN6O4. The van der Waals surface area contributed by atoms with Gasteiger partial charge in [-0.1, -0.05) is 17.7 Å². The first-order valence-corrected chi connectivity index (χ1v) is 14.0. The van der Waals surface area contributed by atoms with E-state index in [4.69, 9.17) is 31.2 Å². The molecule has 2 saturated heterocycles. The van der Waals surface area contributed by atoms with E-state index in [1.807, 2.05) is 6.07 Å². The number of nitrogens with one attached hydrogen (secondary N) is 1. The van der Waals surface area contributed by atoms with Gasteiger partial charge in [-0.3, -0.25) is 10.2 Å². The number of imidazole rings is 1. The quantitative estimate of drug-likeness (QED) is 0.280. The lowest BCUT2D eigenvalue weighted by Gasteiger charge is -2.32. The van der Waals surface area contributed by atoms with Gasteiger partial charge in [0.15, 0.2) is 0 Å². The van der Waals surface area contributed by atoms with Gasteiger partial charge in [-0.05, 0) is 55.2 Å². The van der Waals surface area contributed by atoms with Crippen LogP contribution in [0.1, 0.15) is 36.5 Å². The summed E-state index contributed by atoms with van der Waals surface area (Å²) in [6.07, 6.45) is 3.61. The van der Waals surface area contributed by atoms with Crippen LogP contribution in [0.25, 0.3) is 11.0 Å². The number of aromatic nitrogens is 4. The van der Waals surface area contributed by atoms with Crippen molar-refractivity contribution in [2.75, 3.05) is 25.0 Å². The number of amides is 1. The molecule has 6 rings (SSSR count). The van der Waals surface area contributed by atoms with Crippen LogP contribution in [0.2, 0.25) is 5.02 Å². The summed E-state index contributed by atoms with van der Waals surface area (Å²) < 4.78 is 28.3. The van der Waals surface area contributed by atoms with Crippen LogP contribution in [0.5, 0.6) is 5.88 Å². The van der Waals surface area contributed by atoms with Crippen molar-refractivity contribution in [3.05, 3.63) is 76.7 Å². The molecule has 0 radical (unpaired) electrons. The first-order valence-electron chi connectivity index (χ1n) is 13.6. The molecule has 2 aromatic carbocycles. The molecule has 4 heterocycles. The summed E-state index contributed by atoms with van der Waals surface area (Å²) in [5.74, 6) is 1.51. The number of anilines is 1. The van der Waals surface area contributed by atoms with Crippen LogP contribution in [-0.4, -0.2) is 67.5 Å². The fourth-order valence-corrected chi connectivity index (χ4v) is 5.42. The van der Waals surface area contributed by atoms with Gasteiger partial charge in [0.05, 0.1) is 30.2 Å². The standard InChI is InChI=1S/C29H30ClFN6O4/c30-19-2-1-18(23(31)14-19)13-26-32-9-5-28(35-26)41-21-6-10-36(11-7-21)17-27-34-24-15-20(33-29(38)39)3-4-25(24)37(27)16-22-8-12-40-22/h1-5,9,14-15,21-22,33H,6-8,10-13,16-17H2,(H,38,39)/t22-/m0/s1. The minimum atomic E-state index is -1.11. The Hall–Kier alpha value is -3.80. The lowest BCUT2D eigenvalue weighted by Crippen LogP contribution is -2.39. The minimum absolute atomic E-state index is 0.00751. The zero-order valence-corrected chi connectivity index (χ0v) is 23.1. The molecule has 1 amide bonds. The molecule has 2 aliphatic rings. The van der Waals surface area contributed by atoms with Crippen LogP contribution in [-0.2, 0) is 24.2 Å². The summed E-state index contributed by atoms with van der Waals surface area (Å²) in [6, 6.07) is 11.7. The van der Waals surface area contributed by atoms with Crippen molar-refractivity contribution in [1.82, 2.24) is 24.4 Å². The Kier molecular flexibility index (Phi) is 8.00. The maximum absolute atomic E-state index is 14.2. The van der Waals surface area contributed by atoms with Crippen LogP contribution in [0, 0.1) is 5.82 Å². The second-order valence-corrected chi connectivity index (χ2v) is 10.8. The second kappa shape index (κ2) is 12.0. The molecule has 0 unspecified atom stereocenters. The average Bonchev–Trinajstić information content (AvgIpc) is 3.24. The van der Waals surface area contributed by atoms with E-state index in [1.54, 1.807) is 36.5 Å². The van der Waals surface area contributed by atoms with Crippen molar-refractivity contribution in [2.24, 2.45) is 0 Å². The van der Waals surface area contributed by atoms with E-state index in [0.29, 0.717) is 41.1 Å². The number of nitrogens with zero attached hydrogens (tertiary/aromatic N) is 5. The average molecular weight is 581 g/mol. The highest BCUT2D eigenvalue weighted by molar-refractivity contribution is 6.30. The second-order valence-electron chi connectivity index (χ2n) is 10.4. The number of hydrogen-bond donors (Lipinski definition) is 2. The molecule has 0 aliphatic carbocycles. The molecule has 1 atom stereocenters. The number of carbonyl (C=O) groups is 1. The molecule has 4 aromatic rings. The Labute approximate surface area is 241 Å². The highest BCUT2D eigenvalue weighted by Gasteiger charge is 2.26. The third kappa shape index (κ3) is 6.58. The van der Waals surface area contributed by atoms with Crippen LogP contribution < -0.4 is 10.1 Å². The number of rotatable bonds is 9. The lowest BCUT2D eigenvalue weighted by atomic mass is 10.1. The van der Waals surface area contributed by atoms with Crippen molar-refractivity contribution < 1.29 is 23.8 Å². The van der Waals surface area contributed by atoms with Gasteiger partial charge >= 0.3 is 6.09 Å². The first-order chi connectivity index (χ1) is 19.9. The highest BCUT2D eigenvalue weighted by atomic mass is 35.5. The fourth-order valence-electron chi connectivity index (χ4n) is 5.26. The van der Waals surface area contributed by atoms with Gasteiger partial charge in [0.25, 0.3) is 0 Å². The number of ether oxygens (including phenoxy) is 2. The van der Waals surface area contributed by atoms with Gasteiger partial charge in [0, 0.05) is 49.1 Å². The van der Waals surface area contributed by atoms with E-state index < -0.39 is 6.09 Å². The molecule has 2 aliphatic heterocycles. The first kappa shape index (κ1) is 27.4. The van der Waals surface area contributed by atoms with E-state index in [1.165, 1.54) is 6.07 Å². The van der Waals surface area contributed by atoms with E-state index in [9.17, 15) is 9.18 Å². The van der Waals surface area contributed by atoms with Gasteiger partial charge in [-0.2, -0.15) is 4.98 Å². The zero-order chi connectivity index (χ0) is 28.3. The summed E-state index contributed by atoms with van der Waals surface area (Å²) >= 11 is 5.86.